The minimum Gasteiger partial charge on any atom is -0.463 e. The highest BCUT2D eigenvalue weighted by atomic mass is 32.1. The van der Waals surface area contributed by atoms with E-state index < -0.39 is 11.9 Å². The second kappa shape index (κ2) is 8.68. The van der Waals surface area contributed by atoms with Crippen LogP contribution in [0.5, 0.6) is 0 Å². The number of ether oxygens (including phenoxy) is 1. The maximum Gasteiger partial charge on any atom is 0.330 e. The van der Waals surface area contributed by atoms with Gasteiger partial charge in [-0.1, -0.05) is 12.1 Å². The van der Waals surface area contributed by atoms with Gasteiger partial charge < -0.3 is 10.1 Å². The molecule has 116 valence electrons. The summed E-state index contributed by atoms with van der Waals surface area (Å²) in [6.45, 7) is 3.36. The predicted octanol–water partition coefficient (Wildman–Crippen LogP) is 1.82. The first-order valence-corrected chi connectivity index (χ1v) is 6.91. The van der Waals surface area contributed by atoms with Crippen molar-refractivity contribution in [3.05, 3.63) is 42.0 Å². The Kier molecular flexibility index (Phi) is 6.91. The maximum absolute atomic E-state index is 11.5. The molecule has 6 nitrogen and oxygen atoms in total. The molecule has 7 heteroatoms. The molecule has 0 radical (unpaired) electrons. The molecule has 0 atom stereocenters. The summed E-state index contributed by atoms with van der Waals surface area (Å²) in [7, 11) is 0. The molecule has 0 saturated carbocycles. The zero-order valence-corrected chi connectivity index (χ0v) is 13.0. The number of hydrogen-bond acceptors (Lipinski definition) is 5. The van der Waals surface area contributed by atoms with Crippen LogP contribution in [0.1, 0.15) is 24.2 Å². The van der Waals surface area contributed by atoms with Crippen LogP contribution in [0.2, 0.25) is 0 Å². The first-order valence-electron chi connectivity index (χ1n) is 6.50. The zero-order valence-electron chi connectivity index (χ0n) is 12.2. The Morgan fingerprint density at radius 2 is 2.00 bits per heavy atom. The SMILES string of the molecule is CCOC(=O)/C=C/C(=O)NC(=S)Nc1cccc(C(C)=O)c1. The van der Waals surface area contributed by atoms with E-state index in [9.17, 15) is 14.4 Å². The van der Waals surface area contributed by atoms with E-state index >= 15 is 0 Å². The van der Waals surface area contributed by atoms with Crippen molar-refractivity contribution in [2.45, 2.75) is 13.8 Å². The Hall–Kier alpha value is -2.54. The number of nitrogens with one attached hydrogen (secondary N) is 2. The number of rotatable bonds is 5. The van der Waals surface area contributed by atoms with Gasteiger partial charge in [0, 0.05) is 23.4 Å². The van der Waals surface area contributed by atoms with Crippen LogP contribution in [0.3, 0.4) is 0 Å². The Balaban J connectivity index is 2.56. The van der Waals surface area contributed by atoms with Gasteiger partial charge in [0.15, 0.2) is 10.9 Å². The van der Waals surface area contributed by atoms with E-state index in [1.54, 1.807) is 31.2 Å². The largest absolute Gasteiger partial charge is 0.463 e. The lowest BCUT2D eigenvalue weighted by Crippen LogP contribution is -2.33. The third-order valence-corrected chi connectivity index (χ3v) is 2.63. The van der Waals surface area contributed by atoms with Crippen LogP contribution < -0.4 is 10.6 Å². The Labute approximate surface area is 133 Å². The molecular formula is C15H16N2O4S. The van der Waals surface area contributed by atoms with E-state index in [-0.39, 0.29) is 17.5 Å². The molecule has 0 bridgehead atoms. The van der Waals surface area contributed by atoms with E-state index in [1.165, 1.54) is 6.92 Å². The molecule has 0 fully saturated rings. The average Bonchev–Trinajstić information content (AvgIpc) is 2.45. The van der Waals surface area contributed by atoms with Gasteiger partial charge in [0.05, 0.1) is 6.61 Å². The molecule has 2 N–H and O–H groups in total. The van der Waals surface area contributed by atoms with Gasteiger partial charge in [0.25, 0.3) is 0 Å². The van der Waals surface area contributed by atoms with Crippen LogP contribution in [0.15, 0.2) is 36.4 Å². The van der Waals surface area contributed by atoms with E-state index in [2.05, 4.69) is 15.4 Å². The number of thiocarbonyl (C=S) groups is 1. The van der Waals surface area contributed by atoms with Gasteiger partial charge in [-0.15, -0.1) is 0 Å². The van der Waals surface area contributed by atoms with Crippen molar-refractivity contribution >= 4 is 40.7 Å². The van der Waals surface area contributed by atoms with Crippen LogP contribution >= 0.6 is 12.2 Å². The predicted molar refractivity (Wildman–Crippen MR) is 86.6 cm³/mol. The van der Waals surface area contributed by atoms with Crippen LogP contribution in [-0.2, 0) is 14.3 Å². The van der Waals surface area contributed by atoms with E-state index in [0.29, 0.717) is 11.3 Å². The van der Waals surface area contributed by atoms with Crippen molar-refractivity contribution < 1.29 is 19.1 Å². The molecule has 22 heavy (non-hydrogen) atoms. The van der Waals surface area contributed by atoms with Crippen LogP contribution in [-0.4, -0.2) is 29.4 Å². The standard InChI is InChI=1S/C15H16N2O4S/c1-3-21-14(20)8-7-13(19)17-15(22)16-12-6-4-5-11(9-12)10(2)18/h4-9H,3H2,1-2H3,(H2,16,17,19,22)/b8-7+. The third kappa shape index (κ3) is 6.27. The van der Waals surface area contributed by atoms with Gasteiger partial charge in [-0.3, -0.25) is 14.9 Å². The quantitative estimate of drug-likeness (QED) is 0.373. The van der Waals surface area contributed by atoms with Crippen LogP contribution in [0, 0.1) is 0 Å². The fraction of sp³-hybridized carbons (Fsp3) is 0.200. The topological polar surface area (TPSA) is 84.5 Å². The smallest absolute Gasteiger partial charge is 0.330 e. The summed E-state index contributed by atoms with van der Waals surface area (Å²) >= 11 is 4.97. The number of Topliss-reactive ketones (excluding diaryl/α,β-unsaturated/α-hetero) is 1. The number of esters is 1. The second-order valence-corrected chi connectivity index (χ2v) is 4.57. The highest BCUT2D eigenvalue weighted by Gasteiger charge is 2.05. The number of carbonyl (C=O) groups excluding carboxylic acids is 3. The summed E-state index contributed by atoms with van der Waals surface area (Å²) in [5, 5.41) is 5.21. The van der Waals surface area contributed by atoms with Crippen molar-refractivity contribution in [3.8, 4) is 0 Å². The van der Waals surface area contributed by atoms with E-state index in [0.717, 1.165) is 12.2 Å². The summed E-state index contributed by atoms with van der Waals surface area (Å²) in [4.78, 5) is 33.9. The molecule has 0 spiro atoms. The number of anilines is 1. The number of ketones is 1. The zero-order chi connectivity index (χ0) is 16.5. The Bertz CT molecular complexity index is 626. The summed E-state index contributed by atoms with van der Waals surface area (Å²) < 4.78 is 4.64. The molecule has 1 aromatic carbocycles. The molecule has 0 unspecified atom stereocenters. The fourth-order valence-corrected chi connectivity index (χ4v) is 1.68. The lowest BCUT2D eigenvalue weighted by Gasteiger charge is -2.08. The lowest BCUT2D eigenvalue weighted by molar-refractivity contribution is -0.137. The lowest BCUT2D eigenvalue weighted by atomic mass is 10.1. The molecular weight excluding hydrogens is 304 g/mol. The molecule has 0 aliphatic carbocycles. The fourth-order valence-electron chi connectivity index (χ4n) is 1.47. The Morgan fingerprint density at radius 1 is 1.27 bits per heavy atom. The van der Waals surface area contributed by atoms with Gasteiger partial charge >= 0.3 is 5.97 Å². The first kappa shape index (κ1) is 17.5. The monoisotopic (exact) mass is 320 g/mol. The minimum absolute atomic E-state index is 0.0548. The molecule has 0 aliphatic rings. The first-order chi connectivity index (χ1) is 10.4. The summed E-state index contributed by atoms with van der Waals surface area (Å²) in [5.41, 5.74) is 1.11. The number of carbonyl (C=O) groups is 3. The van der Waals surface area contributed by atoms with Crippen molar-refractivity contribution in [3.63, 3.8) is 0 Å². The average molecular weight is 320 g/mol. The highest BCUT2D eigenvalue weighted by molar-refractivity contribution is 7.80. The molecule has 0 aliphatic heterocycles. The minimum atomic E-state index is -0.606. The second-order valence-electron chi connectivity index (χ2n) is 4.17. The van der Waals surface area contributed by atoms with Gasteiger partial charge in [0.1, 0.15) is 0 Å². The van der Waals surface area contributed by atoms with Crippen LogP contribution in [0.25, 0.3) is 0 Å². The van der Waals surface area contributed by atoms with E-state index in [1.807, 2.05) is 0 Å². The number of benzene rings is 1. The van der Waals surface area contributed by atoms with Crippen molar-refractivity contribution in [1.82, 2.24) is 5.32 Å². The van der Waals surface area contributed by atoms with Gasteiger partial charge in [-0.2, -0.15) is 0 Å². The molecule has 0 aromatic heterocycles. The molecule has 1 amide bonds. The Morgan fingerprint density at radius 3 is 2.64 bits per heavy atom. The summed E-state index contributed by atoms with van der Waals surface area (Å²) in [6.07, 6.45) is 2.04. The van der Waals surface area contributed by atoms with Gasteiger partial charge in [-0.05, 0) is 38.2 Å². The van der Waals surface area contributed by atoms with Gasteiger partial charge in [0.2, 0.25) is 5.91 Å². The maximum atomic E-state index is 11.5. The summed E-state index contributed by atoms with van der Waals surface area (Å²) in [6, 6.07) is 6.70. The summed E-state index contributed by atoms with van der Waals surface area (Å²) in [5.74, 6) is -1.24. The van der Waals surface area contributed by atoms with Crippen molar-refractivity contribution in [2.75, 3.05) is 11.9 Å². The third-order valence-electron chi connectivity index (χ3n) is 2.42. The van der Waals surface area contributed by atoms with Crippen LogP contribution in [0.4, 0.5) is 5.69 Å². The molecule has 1 rings (SSSR count). The molecule has 1 aromatic rings. The van der Waals surface area contributed by atoms with Gasteiger partial charge in [-0.25, -0.2) is 4.79 Å². The molecule has 0 heterocycles. The highest BCUT2D eigenvalue weighted by Crippen LogP contribution is 2.10. The number of hydrogen-bond donors (Lipinski definition) is 2. The van der Waals surface area contributed by atoms with Crippen molar-refractivity contribution in [2.24, 2.45) is 0 Å². The van der Waals surface area contributed by atoms with Crippen molar-refractivity contribution in [1.29, 1.82) is 0 Å². The number of amides is 1. The van der Waals surface area contributed by atoms with E-state index in [4.69, 9.17) is 12.2 Å². The molecule has 0 saturated heterocycles. The normalized spacial score (nSPS) is 10.1.